The standard InChI is InChI=1S/C48H54F6N8O4S2/c1-28-10-12-29(13-11-28)45(67)60-39-20-14-33(48(52,53)54)23-37(39)46(66)62(27-43(64)58-38-9-4-3-6-31(38)25-56-35-16-18-36(68-2)19-17-35)61-41-24-34(55)15-21-40(41)59-42(63)26-57-44(65)30-7-5-8-32(22-30)47(49,50)51/h5,7-8,10-14,16-20,22-23,31,34,38,40-41,56,61H,3-4,6,9,15,21,24-27,55H2,1-2H3,(H,57,65)(H,58,64)(H,59,63)(H,60,67). The van der Waals surface area contributed by atoms with Gasteiger partial charge in [0.1, 0.15) is 11.5 Å². The molecule has 2 aliphatic carbocycles. The fourth-order valence-electron chi connectivity index (χ4n) is 8.30. The number of hydrogen-bond donors (Lipinski definition) is 7. The summed E-state index contributed by atoms with van der Waals surface area (Å²) in [5.41, 5.74) is 8.82. The normalized spacial score (nSPS) is 19.6. The van der Waals surface area contributed by atoms with Crippen molar-refractivity contribution in [3.8, 4) is 0 Å². The van der Waals surface area contributed by atoms with Gasteiger partial charge in [-0.2, -0.15) is 26.3 Å². The zero-order valence-corrected chi connectivity index (χ0v) is 39.0. The molecule has 5 unspecified atom stereocenters. The summed E-state index contributed by atoms with van der Waals surface area (Å²) in [4.78, 5) is 56.4. The summed E-state index contributed by atoms with van der Waals surface area (Å²) in [6, 6.07) is 18.9. The van der Waals surface area contributed by atoms with Crippen molar-refractivity contribution < 1.29 is 45.5 Å². The Labute approximate surface area is 400 Å². The molecule has 364 valence electrons. The lowest BCUT2D eigenvalue weighted by Gasteiger charge is -2.39. The summed E-state index contributed by atoms with van der Waals surface area (Å²) in [5, 5.41) is 15.5. The third-order valence-corrected chi connectivity index (χ3v) is 13.1. The van der Waals surface area contributed by atoms with Crippen molar-refractivity contribution in [2.45, 2.75) is 93.3 Å². The van der Waals surface area contributed by atoms with Crippen molar-refractivity contribution in [1.82, 2.24) is 26.4 Å². The van der Waals surface area contributed by atoms with Gasteiger partial charge in [-0.25, -0.2) is 5.43 Å². The molecule has 0 bridgehead atoms. The largest absolute Gasteiger partial charge is 0.416 e. The Morgan fingerprint density at radius 3 is 2.13 bits per heavy atom. The summed E-state index contributed by atoms with van der Waals surface area (Å²) in [7, 11) is 0. The number of carbonyl (C=O) groups excluding carboxylic acids is 4. The number of amides is 4. The van der Waals surface area contributed by atoms with Crippen LogP contribution in [0.2, 0.25) is 0 Å². The van der Waals surface area contributed by atoms with Crippen LogP contribution in [-0.4, -0.2) is 83.7 Å². The Morgan fingerprint density at radius 1 is 0.765 bits per heavy atom. The highest BCUT2D eigenvalue weighted by Gasteiger charge is 2.37. The topological polar surface area (TPSA) is 170 Å². The molecule has 0 saturated heterocycles. The molecule has 2 fully saturated rings. The van der Waals surface area contributed by atoms with E-state index in [4.69, 9.17) is 18.0 Å². The van der Waals surface area contributed by atoms with Crippen LogP contribution in [0.25, 0.3) is 0 Å². The van der Waals surface area contributed by atoms with E-state index >= 15 is 0 Å². The summed E-state index contributed by atoms with van der Waals surface area (Å²) in [6.07, 6.45) is -3.54. The lowest BCUT2D eigenvalue weighted by atomic mass is 9.84. The molecule has 0 heterocycles. The number of halogens is 6. The monoisotopic (exact) mass is 984 g/mol. The number of alkyl halides is 6. The van der Waals surface area contributed by atoms with Gasteiger partial charge < -0.3 is 32.3 Å². The molecule has 4 amide bonds. The molecule has 4 aromatic rings. The second kappa shape index (κ2) is 23.1. The zero-order chi connectivity index (χ0) is 49.2. The SMILES string of the molecule is CSc1ccc(NCC2CCCCC2NC(=O)CN(NC2CC(N)CCC2NC(=O)CNC(=O)c2cccc(C(F)(F)F)c2)C(=O)c2cc(C(F)(F)F)ccc2NC(=S)c2ccc(C)cc2)cc1. The van der Waals surface area contributed by atoms with Gasteiger partial charge in [0.05, 0.1) is 28.9 Å². The number of rotatable bonds is 16. The molecule has 8 N–H and O–H groups in total. The molecule has 0 radical (unpaired) electrons. The van der Waals surface area contributed by atoms with Crippen molar-refractivity contribution >= 4 is 64.0 Å². The minimum absolute atomic E-state index is 0.0112. The second-order valence-corrected chi connectivity index (χ2v) is 18.3. The fourth-order valence-corrected chi connectivity index (χ4v) is 8.95. The van der Waals surface area contributed by atoms with Crippen LogP contribution in [0.5, 0.6) is 0 Å². The average Bonchev–Trinajstić information content (AvgIpc) is 3.30. The van der Waals surface area contributed by atoms with Crippen LogP contribution in [0.15, 0.2) is 95.9 Å². The van der Waals surface area contributed by atoms with Crippen LogP contribution in [0.4, 0.5) is 37.7 Å². The van der Waals surface area contributed by atoms with E-state index in [1.165, 1.54) is 6.07 Å². The molecule has 68 heavy (non-hydrogen) atoms. The molecule has 4 aromatic carbocycles. The second-order valence-electron chi connectivity index (χ2n) is 17.0. The van der Waals surface area contributed by atoms with E-state index in [1.807, 2.05) is 37.4 Å². The van der Waals surface area contributed by atoms with Crippen molar-refractivity contribution in [3.05, 3.63) is 124 Å². The number of benzene rings is 4. The molecular weight excluding hydrogens is 931 g/mol. The Balaban J connectivity index is 1.25. The van der Waals surface area contributed by atoms with Crippen molar-refractivity contribution in [3.63, 3.8) is 0 Å². The number of nitrogens with zero attached hydrogens (tertiary/aromatic N) is 1. The maximum Gasteiger partial charge on any atom is 0.416 e. The predicted octanol–water partition coefficient (Wildman–Crippen LogP) is 8.07. The van der Waals surface area contributed by atoms with E-state index in [2.05, 4.69) is 32.0 Å². The number of nitrogens with two attached hydrogens (primary N) is 1. The van der Waals surface area contributed by atoms with Crippen molar-refractivity contribution in [2.24, 2.45) is 11.7 Å². The fraction of sp³-hybridized carbons (Fsp3) is 0.396. The lowest BCUT2D eigenvalue weighted by molar-refractivity contribution is -0.138. The molecule has 0 aromatic heterocycles. The highest BCUT2D eigenvalue weighted by atomic mass is 32.2. The summed E-state index contributed by atoms with van der Waals surface area (Å²) in [5.74, 6) is -3.26. The van der Waals surface area contributed by atoms with E-state index < -0.39 is 83.9 Å². The number of carbonyl (C=O) groups is 4. The molecule has 5 atom stereocenters. The Hall–Kier alpha value is -5.70. The van der Waals surface area contributed by atoms with E-state index in [-0.39, 0.29) is 41.0 Å². The average molecular weight is 985 g/mol. The highest BCUT2D eigenvalue weighted by Crippen LogP contribution is 2.34. The minimum Gasteiger partial charge on any atom is -0.385 e. The van der Waals surface area contributed by atoms with Gasteiger partial charge in [0.2, 0.25) is 11.8 Å². The minimum atomic E-state index is -4.86. The van der Waals surface area contributed by atoms with Gasteiger partial charge in [-0.05, 0) is 112 Å². The summed E-state index contributed by atoms with van der Waals surface area (Å²) >= 11 is 7.24. The predicted molar refractivity (Wildman–Crippen MR) is 254 cm³/mol. The maximum atomic E-state index is 14.9. The Bertz CT molecular complexity index is 2420. The number of thioether (sulfide) groups is 1. The zero-order valence-electron chi connectivity index (χ0n) is 37.4. The Morgan fingerprint density at radius 2 is 1.44 bits per heavy atom. The number of hydrazine groups is 1. The van der Waals surface area contributed by atoms with Crippen molar-refractivity contribution in [1.29, 1.82) is 0 Å². The van der Waals surface area contributed by atoms with Crippen LogP contribution >= 0.6 is 24.0 Å². The van der Waals surface area contributed by atoms with Crippen LogP contribution in [0.1, 0.15) is 87.9 Å². The molecule has 12 nitrogen and oxygen atoms in total. The first-order valence-electron chi connectivity index (χ1n) is 22.1. The molecule has 0 spiro atoms. The van der Waals surface area contributed by atoms with Gasteiger partial charge >= 0.3 is 12.4 Å². The van der Waals surface area contributed by atoms with Crippen LogP contribution in [0, 0.1) is 12.8 Å². The first kappa shape index (κ1) is 51.7. The van der Waals surface area contributed by atoms with Crippen LogP contribution in [0.3, 0.4) is 0 Å². The third-order valence-electron chi connectivity index (χ3n) is 12.0. The van der Waals surface area contributed by atoms with Crippen molar-refractivity contribution in [2.75, 3.05) is 36.5 Å². The lowest BCUT2D eigenvalue weighted by Crippen LogP contribution is -2.62. The van der Waals surface area contributed by atoms with E-state index in [0.29, 0.717) is 37.1 Å². The number of hydrogen-bond acceptors (Lipinski definition) is 9. The molecule has 2 aliphatic rings. The molecule has 2 saturated carbocycles. The molecule has 6 rings (SSSR count). The van der Waals surface area contributed by atoms with Gasteiger partial charge in [0.25, 0.3) is 11.8 Å². The quantitative estimate of drug-likeness (QED) is 0.0252. The van der Waals surface area contributed by atoms with Crippen LogP contribution < -0.4 is 37.7 Å². The van der Waals surface area contributed by atoms with Gasteiger partial charge in [0, 0.05) is 52.4 Å². The molecule has 20 heteroatoms. The first-order chi connectivity index (χ1) is 32.3. The smallest absolute Gasteiger partial charge is 0.385 e. The van der Waals surface area contributed by atoms with E-state index in [9.17, 15) is 45.5 Å². The summed E-state index contributed by atoms with van der Waals surface area (Å²) in [6.45, 7) is 1.13. The summed E-state index contributed by atoms with van der Waals surface area (Å²) < 4.78 is 82.9. The number of thiocarbonyl (C=S) groups is 1. The number of nitrogens with one attached hydrogen (secondary N) is 6. The number of anilines is 2. The molecule has 0 aliphatic heterocycles. The van der Waals surface area contributed by atoms with Crippen LogP contribution in [-0.2, 0) is 21.9 Å². The van der Waals surface area contributed by atoms with Gasteiger partial charge in [-0.15, -0.1) is 11.8 Å². The third kappa shape index (κ3) is 14.4. The van der Waals surface area contributed by atoms with E-state index in [1.54, 1.807) is 36.0 Å². The van der Waals surface area contributed by atoms with Gasteiger partial charge in [-0.3, -0.25) is 24.2 Å². The van der Waals surface area contributed by atoms with Gasteiger partial charge in [0.15, 0.2) is 0 Å². The number of aryl methyl sites for hydroxylation is 1. The first-order valence-corrected chi connectivity index (χ1v) is 23.8. The van der Waals surface area contributed by atoms with E-state index in [0.717, 1.165) is 64.7 Å². The highest BCUT2D eigenvalue weighted by molar-refractivity contribution is 7.98. The van der Waals surface area contributed by atoms with Gasteiger partial charge in [-0.1, -0.05) is 61.0 Å². The maximum absolute atomic E-state index is 14.9. The Kier molecular flexibility index (Phi) is 17.5. The molecular formula is C48H54F6N8O4S2.